The van der Waals surface area contributed by atoms with Crippen molar-refractivity contribution in [2.45, 2.75) is 30.9 Å². The maximum absolute atomic E-state index is 12.1. The van der Waals surface area contributed by atoms with Crippen molar-refractivity contribution < 1.29 is 9.53 Å². The van der Waals surface area contributed by atoms with E-state index in [1.54, 1.807) is 11.8 Å². The number of ether oxygens (including phenoxy) is 1. The van der Waals surface area contributed by atoms with Crippen molar-refractivity contribution in [1.82, 2.24) is 5.32 Å². The SMILES string of the molecule is Cc1ccc(OCCNC(=O)[C@@H](C)Sc2ccccc2)cc1C. The van der Waals surface area contributed by atoms with Crippen molar-refractivity contribution in [3.05, 3.63) is 59.7 Å². The van der Waals surface area contributed by atoms with Crippen LogP contribution >= 0.6 is 11.8 Å². The quantitative estimate of drug-likeness (QED) is 0.617. The number of amides is 1. The van der Waals surface area contributed by atoms with E-state index in [4.69, 9.17) is 4.74 Å². The number of hydrogen-bond donors (Lipinski definition) is 1. The summed E-state index contributed by atoms with van der Waals surface area (Å²) in [6.07, 6.45) is 0. The summed E-state index contributed by atoms with van der Waals surface area (Å²) in [5, 5.41) is 2.79. The minimum Gasteiger partial charge on any atom is -0.492 e. The maximum atomic E-state index is 12.1. The molecule has 0 aromatic heterocycles. The van der Waals surface area contributed by atoms with Crippen molar-refractivity contribution in [3.63, 3.8) is 0 Å². The standard InChI is InChI=1S/C19H23NO2S/c1-14-9-10-17(13-15(14)2)22-12-11-20-19(21)16(3)23-18-7-5-4-6-8-18/h4-10,13,16H,11-12H2,1-3H3,(H,20,21)/t16-/m1/s1. The Kier molecular flexibility index (Phi) is 6.53. The molecule has 0 saturated heterocycles. The van der Waals surface area contributed by atoms with Crippen LogP contribution in [0.4, 0.5) is 0 Å². The largest absolute Gasteiger partial charge is 0.492 e. The zero-order valence-corrected chi connectivity index (χ0v) is 14.7. The Balaban J connectivity index is 1.71. The van der Waals surface area contributed by atoms with Crippen LogP contribution in [0.25, 0.3) is 0 Å². The van der Waals surface area contributed by atoms with Gasteiger partial charge in [0.25, 0.3) is 0 Å². The van der Waals surface area contributed by atoms with Crippen LogP contribution in [0.5, 0.6) is 5.75 Å². The first-order chi connectivity index (χ1) is 11.1. The lowest BCUT2D eigenvalue weighted by Crippen LogP contribution is -2.33. The number of aryl methyl sites for hydroxylation is 2. The Labute approximate surface area is 142 Å². The highest BCUT2D eigenvalue weighted by Crippen LogP contribution is 2.22. The lowest BCUT2D eigenvalue weighted by Gasteiger charge is -2.13. The minimum absolute atomic E-state index is 0.0301. The van der Waals surface area contributed by atoms with E-state index in [9.17, 15) is 4.79 Å². The monoisotopic (exact) mass is 329 g/mol. The van der Waals surface area contributed by atoms with Gasteiger partial charge in [-0.1, -0.05) is 24.3 Å². The van der Waals surface area contributed by atoms with Crippen LogP contribution in [0.15, 0.2) is 53.4 Å². The Hall–Kier alpha value is -1.94. The van der Waals surface area contributed by atoms with Gasteiger partial charge in [-0.15, -0.1) is 11.8 Å². The van der Waals surface area contributed by atoms with Gasteiger partial charge in [-0.25, -0.2) is 0 Å². The fourth-order valence-electron chi connectivity index (χ4n) is 2.05. The summed E-state index contributed by atoms with van der Waals surface area (Å²) in [4.78, 5) is 13.2. The van der Waals surface area contributed by atoms with Gasteiger partial charge in [-0.05, 0) is 56.2 Å². The molecule has 122 valence electrons. The highest BCUT2D eigenvalue weighted by atomic mass is 32.2. The minimum atomic E-state index is -0.126. The molecule has 2 rings (SSSR count). The van der Waals surface area contributed by atoms with Crippen LogP contribution in [0, 0.1) is 13.8 Å². The van der Waals surface area contributed by atoms with Gasteiger partial charge in [0, 0.05) is 4.90 Å². The Morgan fingerprint density at radius 1 is 1.13 bits per heavy atom. The first-order valence-electron chi connectivity index (χ1n) is 7.76. The van der Waals surface area contributed by atoms with E-state index >= 15 is 0 Å². The molecule has 0 unspecified atom stereocenters. The van der Waals surface area contributed by atoms with Gasteiger partial charge in [0.05, 0.1) is 11.8 Å². The normalized spacial score (nSPS) is 11.8. The molecule has 1 atom stereocenters. The topological polar surface area (TPSA) is 38.3 Å². The highest BCUT2D eigenvalue weighted by molar-refractivity contribution is 8.00. The molecule has 4 heteroatoms. The zero-order chi connectivity index (χ0) is 16.7. The molecule has 0 saturated carbocycles. The number of benzene rings is 2. The van der Waals surface area contributed by atoms with Crippen molar-refractivity contribution >= 4 is 17.7 Å². The van der Waals surface area contributed by atoms with E-state index in [0.29, 0.717) is 13.2 Å². The van der Waals surface area contributed by atoms with Crippen molar-refractivity contribution in [1.29, 1.82) is 0 Å². The number of hydrogen-bond acceptors (Lipinski definition) is 3. The molecule has 0 heterocycles. The molecule has 0 bridgehead atoms. The lowest BCUT2D eigenvalue weighted by molar-refractivity contribution is -0.120. The molecular weight excluding hydrogens is 306 g/mol. The van der Waals surface area contributed by atoms with Crippen molar-refractivity contribution in [2.24, 2.45) is 0 Å². The molecule has 0 aliphatic carbocycles. The van der Waals surface area contributed by atoms with Crippen molar-refractivity contribution in [3.8, 4) is 5.75 Å². The molecular formula is C19H23NO2S. The number of thioether (sulfide) groups is 1. The molecule has 0 aliphatic rings. The van der Waals surface area contributed by atoms with E-state index in [-0.39, 0.29) is 11.2 Å². The second kappa shape index (κ2) is 8.63. The summed E-state index contributed by atoms with van der Waals surface area (Å²) in [6.45, 7) is 7.02. The summed E-state index contributed by atoms with van der Waals surface area (Å²) in [6, 6.07) is 16.0. The Morgan fingerprint density at radius 3 is 2.57 bits per heavy atom. The average molecular weight is 329 g/mol. The summed E-state index contributed by atoms with van der Waals surface area (Å²) < 4.78 is 5.67. The van der Waals surface area contributed by atoms with Gasteiger partial charge in [0.1, 0.15) is 12.4 Å². The first kappa shape index (κ1) is 17.4. The molecule has 0 fully saturated rings. The van der Waals surface area contributed by atoms with E-state index in [1.807, 2.05) is 55.5 Å². The van der Waals surface area contributed by atoms with Gasteiger partial charge in [0.15, 0.2) is 0 Å². The van der Waals surface area contributed by atoms with Gasteiger partial charge >= 0.3 is 0 Å². The highest BCUT2D eigenvalue weighted by Gasteiger charge is 2.13. The first-order valence-corrected chi connectivity index (χ1v) is 8.63. The third-order valence-electron chi connectivity index (χ3n) is 3.57. The third kappa shape index (κ3) is 5.64. The summed E-state index contributed by atoms with van der Waals surface area (Å²) >= 11 is 1.56. The summed E-state index contributed by atoms with van der Waals surface area (Å²) in [5.74, 6) is 0.872. The number of nitrogens with one attached hydrogen (secondary N) is 1. The predicted octanol–water partition coefficient (Wildman–Crippen LogP) is 3.98. The summed E-state index contributed by atoms with van der Waals surface area (Å²) in [7, 11) is 0. The molecule has 3 nitrogen and oxygen atoms in total. The van der Waals surface area contributed by atoms with Crippen LogP contribution in [0.2, 0.25) is 0 Å². The van der Waals surface area contributed by atoms with Gasteiger partial charge in [0.2, 0.25) is 5.91 Å². The number of rotatable bonds is 7. The molecule has 2 aromatic carbocycles. The van der Waals surface area contributed by atoms with Gasteiger partial charge in [-0.2, -0.15) is 0 Å². The van der Waals surface area contributed by atoms with E-state index in [1.165, 1.54) is 11.1 Å². The third-order valence-corrected chi connectivity index (χ3v) is 4.69. The lowest BCUT2D eigenvalue weighted by atomic mass is 10.1. The van der Waals surface area contributed by atoms with Crippen LogP contribution in [0.3, 0.4) is 0 Å². The van der Waals surface area contributed by atoms with Gasteiger partial charge < -0.3 is 10.1 Å². The van der Waals surface area contributed by atoms with Crippen LogP contribution in [-0.4, -0.2) is 24.3 Å². The van der Waals surface area contributed by atoms with Crippen LogP contribution in [0.1, 0.15) is 18.1 Å². The fraction of sp³-hybridized carbons (Fsp3) is 0.316. The van der Waals surface area contributed by atoms with Crippen LogP contribution in [-0.2, 0) is 4.79 Å². The molecule has 1 amide bonds. The van der Waals surface area contributed by atoms with Crippen LogP contribution < -0.4 is 10.1 Å². The van der Waals surface area contributed by atoms with Gasteiger partial charge in [-0.3, -0.25) is 4.79 Å². The van der Waals surface area contributed by atoms with E-state index < -0.39 is 0 Å². The molecule has 0 radical (unpaired) electrons. The number of carbonyl (C=O) groups excluding carboxylic acids is 1. The second-order valence-electron chi connectivity index (χ2n) is 5.46. The second-order valence-corrected chi connectivity index (χ2v) is 6.87. The zero-order valence-electron chi connectivity index (χ0n) is 13.8. The smallest absolute Gasteiger partial charge is 0.233 e. The average Bonchev–Trinajstić information content (AvgIpc) is 2.55. The molecule has 0 spiro atoms. The maximum Gasteiger partial charge on any atom is 0.233 e. The predicted molar refractivity (Wildman–Crippen MR) is 96.2 cm³/mol. The van der Waals surface area contributed by atoms with E-state index in [0.717, 1.165) is 10.6 Å². The fourth-order valence-corrected chi connectivity index (χ4v) is 2.96. The molecule has 1 N–H and O–H groups in total. The van der Waals surface area contributed by atoms with Crippen molar-refractivity contribution in [2.75, 3.05) is 13.2 Å². The summed E-state index contributed by atoms with van der Waals surface area (Å²) in [5.41, 5.74) is 2.46. The molecule has 2 aromatic rings. The van der Waals surface area contributed by atoms with E-state index in [2.05, 4.69) is 19.2 Å². The molecule has 23 heavy (non-hydrogen) atoms. The number of carbonyl (C=O) groups is 1. The Bertz CT molecular complexity index is 643. The Morgan fingerprint density at radius 2 is 1.87 bits per heavy atom. The molecule has 0 aliphatic heterocycles.